The minimum atomic E-state index is 1.14. The van der Waals surface area contributed by atoms with Gasteiger partial charge in [-0.2, -0.15) is 0 Å². The lowest BCUT2D eigenvalue weighted by Crippen LogP contribution is -1.95. The van der Waals surface area contributed by atoms with Crippen molar-refractivity contribution in [3.8, 4) is 0 Å². The van der Waals surface area contributed by atoms with E-state index in [-0.39, 0.29) is 0 Å². The Morgan fingerprint density at radius 2 is 2.12 bits per heavy atom. The first-order valence-electron chi connectivity index (χ1n) is 6.54. The molecule has 0 aromatic carbocycles. The smallest absolute Gasteiger partial charge is 0.0225 e. The molecule has 0 aromatic rings. The Balaban J connectivity index is 3.16. The van der Waals surface area contributed by atoms with Gasteiger partial charge in [-0.3, -0.25) is 0 Å². The van der Waals surface area contributed by atoms with E-state index < -0.39 is 0 Å². The summed E-state index contributed by atoms with van der Waals surface area (Å²) in [6.07, 6.45) is 16.5. The third kappa shape index (κ3) is 4.22. The zero-order valence-electron chi connectivity index (χ0n) is 11.6. The van der Waals surface area contributed by atoms with Gasteiger partial charge in [0.15, 0.2) is 0 Å². The summed E-state index contributed by atoms with van der Waals surface area (Å²) < 4.78 is 0. The van der Waals surface area contributed by atoms with E-state index in [1.54, 1.807) is 0 Å². The molecule has 0 aliphatic heterocycles. The van der Waals surface area contributed by atoms with Crippen molar-refractivity contribution < 1.29 is 0 Å². The minimum Gasteiger partial charge on any atom is -0.0876 e. The first-order chi connectivity index (χ1) is 8.19. The number of allylic oxidation sites excluding steroid dienone is 10. The summed E-state index contributed by atoms with van der Waals surface area (Å²) in [6.45, 7) is 8.77. The van der Waals surface area contributed by atoms with E-state index in [0.29, 0.717) is 0 Å². The van der Waals surface area contributed by atoms with E-state index in [0.717, 1.165) is 12.8 Å². The second kappa shape index (κ2) is 7.11. The van der Waals surface area contributed by atoms with Crippen LogP contribution in [0.1, 0.15) is 47.0 Å². The van der Waals surface area contributed by atoms with Crippen LogP contribution in [0.4, 0.5) is 0 Å². The Bertz CT molecular complexity index is 398. The van der Waals surface area contributed by atoms with Crippen LogP contribution < -0.4 is 0 Å². The van der Waals surface area contributed by atoms with E-state index in [1.165, 1.54) is 28.7 Å². The van der Waals surface area contributed by atoms with Crippen LogP contribution in [0.15, 0.2) is 58.7 Å². The molecule has 0 bridgehead atoms. The Morgan fingerprint density at radius 1 is 1.35 bits per heavy atom. The molecule has 1 aliphatic rings. The predicted molar refractivity (Wildman–Crippen MR) is 78.0 cm³/mol. The van der Waals surface area contributed by atoms with Gasteiger partial charge in [0.05, 0.1) is 0 Å². The van der Waals surface area contributed by atoms with Gasteiger partial charge in [0.2, 0.25) is 0 Å². The van der Waals surface area contributed by atoms with Crippen molar-refractivity contribution in [3.05, 3.63) is 58.7 Å². The Kier molecular flexibility index (Phi) is 5.76. The van der Waals surface area contributed by atoms with Crippen LogP contribution in [0.2, 0.25) is 0 Å². The summed E-state index contributed by atoms with van der Waals surface area (Å²) in [5, 5.41) is 0. The molecule has 0 atom stereocenters. The lowest BCUT2D eigenvalue weighted by atomic mass is 9.91. The highest BCUT2D eigenvalue weighted by Crippen LogP contribution is 2.27. The van der Waals surface area contributed by atoms with Gasteiger partial charge in [-0.05, 0) is 51.2 Å². The van der Waals surface area contributed by atoms with Gasteiger partial charge in [-0.15, -0.1) is 0 Å². The first kappa shape index (κ1) is 13.8. The molecular weight excluding hydrogens is 204 g/mol. The van der Waals surface area contributed by atoms with Crippen molar-refractivity contribution in [2.75, 3.05) is 0 Å². The average Bonchev–Trinajstić information content (AvgIpc) is 2.31. The maximum absolute atomic E-state index is 2.26. The van der Waals surface area contributed by atoms with Crippen LogP contribution in [-0.2, 0) is 0 Å². The van der Waals surface area contributed by atoms with Crippen molar-refractivity contribution in [2.24, 2.45) is 0 Å². The highest BCUT2D eigenvalue weighted by molar-refractivity contribution is 5.46. The summed E-state index contributed by atoms with van der Waals surface area (Å²) in [7, 11) is 0. The molecule has 0 unspecified atom stereocenters. The summed E-state index contributed by atoms with van der Waals surface area (Å²) in [6, 6.07) is 0. The van der Waals surface area contributed by atoms with E-state index in [1.807, 2.05) is 0 Å². The molecule has 1 rings (SSSR count). The standard InChI is InChI=1S/C17H24/c1-5-7-10-16-11-8-9-14(3)12-13-17(16)15(4)6-2/h5,7-11H,6,12-13H2,1-4H3. The van der Waals surface area contributed by atoms with Crippen LogP contribution in [0.3, 0.4) is 0 Å². The molecular formula is C17H24. The Hall–Kier alpha value is -1.30. The van der Waals surface area contributed by atoms with Crippen LogP contribution in [0, 0.1) is 0 Å². The maximum Gasteiger partial charge on any atom is -0.0225 e. The third-order valence-corrected chi connectivity index (χ3v) is 3.29. The maximum atomic E-state index is 2.26. The molecule has 0 fully saturated rings. The molecule has 17 heavy (non-hydrogen) atoms. The molecule has 0 N–H and O–H groups in total. The quantitative estimate of drug-likeness (QED) is 0.584. The predicted octanol–water partition coefficient (Wildman–Crippen LogP) is 5.51. The molecule has 0 aromatic heterocycles. The zero-order chi connectivity index (χ0) is 12.7. The third-order valence-electron chi connectivity index (χ3n) is 3.29. The van der Waals surface area contributed by atoms with Crippen molar-refractivity contribution in [2.45, 2.75) is 47.0 Å². The average molecular weight is 228 g/mol. The molecule has 0 heteroatoms. The van der Waals surface area contributed by atoms with Crippen LogP contribution in [-0.4, -0.2) is 0 Å². The van der Waals surface area contributed by atoms with Crippen LogP contribution in [0.25, 0.3) is 0 Å². The molecule has 92 valence electrons. The molecule has 0 heterocycles. The zero-order valence-corrected chi connectivity index (χ0v) is 11.6. The topological polar surface area (TPSA) is 0 Å². The Morgan fingerprint density at radius 3 is 2.76 bits per heavy atom. The fourth-order valence-electron chi connectivity index (χ4n) is 2.00. The van der Waals surface area contributed by atoms with Crippen molar-refractivity contribution >= 4 is 0 Å². The van der Waals surface area contributed by atoms with Crippen molar-refractivity contribution in [3.63, 3.8) is 0 Å². The minimum absolute atomic E-state index is 1.14. The van der Waals surface area contributed by atoms with Gasteiger partial charge in [-0.25, -0.2) is 0 Å². The molecule has 0 nitrogen and oxygen atoms in total. The molecule has 0 spiro atoms. The second-order valence-corrected chi connectivity index (χ2v) is 4.63. The van der Waals surface area contributed by atoms with E-state index in [4.69, 9.17) is 0 Å². The first-order valence-corrected chi connectivity index (χ1v) is 6.54. The van der Waals surface area contributed by atoms with E-state index >= 15 is 0 Å². The van der Waals surface area contributed by atoms with Gasteiger partial charge < -0.3 is 0 Å². The van der Waals surface area contributed by atoms with E-state index in [9.17, 15) is 0 Å². The number of hydrogen-bond donors (Lipinski definition) is 0. The molecule has 0 saturated carbocycles. The lowest BCUT2D eigenvalue weighted by molar-refractivity contribution is 0.899. The fourth-order valence-corrected chi connectivity index (χ4v) is 2.00. The van der Waals surface area contributed by atoms with Gasteiger partial charge in [0.25, 0.3) is 0 Å². The second-order valence-electron chi connectivity index (χ2n) is 4.63. The molecule has 1 aliphatic carbocycles. The number of rotatable bonds is 2. The lowest BCUT2D eigenvalue weighted by Gasteiger charge is -2.15. The highest BCUT2D eigenvalue weighted by Gasteiger charge is 2.07. The van der Waals surface area contributed by atoms with Crippen LogP contribution in [0.5, 0.6) is 0 Å². The normalized spacial score (nSPS) is 22.6. The monoisotopic (exact) mass is 228 g/mol. The van der Waals surface area contributed by atoms with Crippen molar-refractivity contribution in [1.82, 2.24) is 0 Å². The molecule has 0 amide bonds. The van der Waals surface area contributed by atoms with Gasteiger partial charge in [0, 0.05) is 0 Å². The number of hydrogen-bond acceptors (Lipinski definition) is 0. The molecule has 0 radical (unpaired) electrons. The summed E-state index contributed by atoms with van der Waals surface area (Å²) in [5.74, 6) is 0. The molecule has 0 saturated heterocycles. The highest BCUT2D eigenvalue weighted by atomic mass is 14.1. The van der Waals surface area contributed by atoms with E-state index in [2.05, 4.69) is 64.2 Å². The largest absolute Gasteiger partial charge is 0.0876 e. The SMILES string of the molecule is CC=CC=C1C=CC=C(C)CCC1=C(C)CC. The van der Waals surface area contributed by atoms with Gasteiger partial charge >= 0.3 is 0 Å². The van der Waals surface area contributed by atoms with Gasteiger partial charge in [-0.1, -0.05) is 54.5 Å². The van der Waals surface area contributed by atoms with Crippen LogP contribution >= 0.6 is 0 Å². The summed E-state index contributed by atoms with van der Waals surface area (Å²) in [5.41, 5.74) is 5.87. The van der Waals surface area contributed by atoms with Gasteiger partial charge in [0.1, 0.15) is 0 Å². The Labute approximate surface area is 106 Å². The summed E-state index contributed by atoms with van der Waals surface area (Å²) in [4.78, 5) is 0. The fraction of sp³-hybridized carbons (Fsp3) is 0.412. The van der Waals surface area contributed by atoms with Crippen molar-refractivity contribution in [1.29, 1.82) is 0 Å². The summed E-state index contributed by atoms with van der Waals surface area (Å²) >= 11 is 0.